The van der Waals surface area contributed by atoms with E-state index in [4.69, 9.17) is 0 Å². The highest BCUT2D eigenvalue weighted by atomic mass is 32.2. The number of carbonyl (C=O) groups is 1. The molecule has 2 rings (SSSR count). The van der Waals surface area contributed by atoms with Crippen LogP contribution in [0.25, 0.3) is 0 Å². The maximum Gasteiger partial charge on any atom is 0.240 e. The Kier molecular flexibility index (Phi) is 5.98. The van der Waals surface area contributed by atoms with Crippen molar-refractivity contribution in [3.63, 3.8) is 0 Å². The maximum atomic E-state index is 12.4. The van der Waals surface area contributed by atoms with Gasteiger partial charge in [-0.05, 0) is 68.3 Å². The summed E-state index contributed by atoms with van der Waals surface area (Å²) in [7, 11) is -0.276. The van der Waals surface area contributed by atoms with Crippen molar-refractivity contribution in [1.29, 1.82) is 0 Å². The molecule has 0 bridgehead atoms. The van der Waals surface area contributed by atoms with Gasteiger partial charge in [0.25, 0.3) is 0 Å². The average Bonchev–Trinajstić information content (AvgIpc) is 2.61. The molecule has 0 aliphatic carbocycles. The Morgan fingerprint density at radius 1 is 1.04 bits per heavy atom. The van der Waals surface area contributed by atoms with E-state index < -0.39 is 10.0 Å². The molecule has 0 aliphatic heterocycles. The number of rotatable bonds is 6. The molecule has 0 atom stereocenters. The summed E-state index contributed by atoms with van der Waals surface area (Å²) in [6, 6.07) is 12.6. The number of amides is 1. The lowest BCUT2D eigenvalue weighted by Crippen LogP contribution is -2.26. The van der Waals surface area contributed by atoms with Gasteiger partial charge in [-0.25, -0.2) is 13.1 Å². The van der Waals surface area contributed by atoms with Crippen LogP contribution in [0.3, 0.4) is 0 Å². The molecule has 0 spiro atoms. The first-order valence-corrected chi connectivity index (χ1v) is 9.59. The van der Waals surface area contributed by atoms with E-state index >= 15 is 0 Å². The summed E-state index contributed by atoms with van der Waals surface area (Å²) >= 11 is 0. The summed E-state index contributed by atoms with van der Waals surface area (Å²) in [6.45, 7) is 4.07. The summed E-state index contributed by atoms with van der Waals surface area (Å²) in [4.78, 5) is 14.3. The minimum Gasteiger partial charge on any atom is -0.315 e. The number of hydrogen-bond donors (Lipinski definition) is 1. The molecule has 0 aromatic heterocycles. The zero-order valence-electron chi connectivity index (χ0n) is 15.0. The van der Waals surface area contributed by atoms with E-state index in [9.17, 15) is 13.2 Å². The Bertz CT molecular complexity index is 859. The van der Waals surface area contributed by atoms with Crippen molar-refractivity contribution in [2.75, 3.05) is 19.0 Å². The molecule has 2 aromatic rings. The molecule has 1 N–H and O–H groups in total. The molecule has 0 saturated heterocycles. The molecule has 0 unspecified atom stereocenters. The van der Waals surface area contributed by atoms with Gasteiger partial charge in [0.05, 0.1) is 4.90 Å². The standard InChI is InChI=1S/C19H24N2O3S/c1-14-5-9-17(13-15(14)2)21(4)19(22)12-8-16-6-10-18(11-7-16)25(23,24)20-3/h5-7,9-11,13,20H,8,12H2,1-4H3. The molecule has 0 aliphatic rings. The van der Waals surface area contributed by atoms with E-state index in [-0.39, 0.29) is 10.8 Å². The second kappa shape index (κ2) is 7.80. The number of anilines is 1. The second-order valence-corrected chi connectivity index (χ2v) is 7.96. The number of aryl methyl sites for hydroxylation is 3. The molecule has 0 radical (unpaired) electrons. The molecule has 6 heteroatoms. The molecule has 25 heavy (non-hydrogen) atoms. The number of carbonyl (C=O) groups excluding carboxylic acids is 1. The SMILES string of the molecule is CNS(=O)(=O)c1ccc(CCC(=O)N(C)c2ccc(C)c(C)c2)cc1. The van der Waals surface area contributed by atoms with Gasteiger partial charge >= 0.3 is 0 Å². The fraction of sp³-hybridized carbons (Fsp3) is 0.316. The molecule has 0 heterocycles. The third-order valence-electron chi connectivity index (χ3n) is 4.38. The first-order valence-electron chi connectivity index (χ1n) is 8.11. The Morgan fingerprint density at radius 2 is 1.68 bits per heavy atom. The predicted octanol–water partition coefficient (Wildman–Crippen LogP) is 2.81. The smallest absolute Gasteiger partial charge is 0.240 e. The molecule has 2 aromatic carbocycles. The van der Waals surface area contributed by atoms with Crippen LogP contribution < -0.4 is 9.62 Å². The zero-order valence-corrected chi connectivity index (χ0v) is 15.9. The number of hydrogen-bond acceptors (Lipinski definition) is 3. The lowest BCUT2D eigenvalue weighted by atomic mass is 10.1. The van der Waals surface area contributed by atoms with E-state index in [1.807, 2.05) is 32.0 Å². The molecule has 0 saturated carbocycles. The number of benzene rings is 2. The molecular weight excluding hydrogens is 336 g/mol. The topological polar surface area (TPSA) is 66.5 Å². The molecule has 0 fully saturated rings. The van der Waals surface area contributed by atoms with Gasteiger partial charge in [0.15, 0.2) is 0 Å². The van der Waals surface area contributed by atoms with Gasteiger partial charge in [0, 0.05) is 19.2 Å². The van der Waals surface area contributed by atoms with Gasteiger partial charge in [-0.3, -0.25) is 4.79 Å². The van der Waals surface area contributed by atoms with Gasteiger partial charge in [-0.15, -0.1) is 0 Å². The lowest BCUT2D eigenvalue weighted by molar-refractivity contribution is -0.118. The molecule has 5 nitrogen and oxygen atoms in total. The van der Waals surface area contributed by atoms with Gasteiger partial charge in [-0.1, -0.05) is 18.2 Å². The van der Waals surface area contributed by atoms with E-state index in [1.54, 1.807) is 36.2 Å². The number of nitrogens with zero attached hydrogens (tertiary/aromatic N) is 1. The fourth-order valence-electron chi connectivity index (χ4n) is 2.45. The van der Waals surface area contributed by atoms with Gasteiger partial charge in [-0.2, -0.15) is 0 Å². The molecule has 1 amide bonds. The minimum absolute atomic E-state index is 0.0233. The van der Waals surface area contributed by atoms with Crippen LogP contribution in [0.4, 0.5) is 5.69 Å². The summed E-state index contributed by atoms with van der Waals surface area (Å²) in [6.07, 6.45) is 0.926. The highest BCUT2D eigenvalue weighted by Crippen LogP contribution is 2.19. The predicted molar refractivity (Wildman–Crippen MR) is 100 cm³/mol. The van der Waals surface area contributed by atoms with Crippen molar-refractivity contribution in [3.8, 4) is 0 Å². The third kappa shape index (κ3) is 4.67. The maximum absolute atomic E-state index is 12.4. The summed E-state index contributed by atoms with van der Waals surface area (Å²) in [5.41, 5.74) is 4.15. The van der Waals surface area contributed by atoms with Crippen LogP contribution in [0.1, 0.15) is 23.1 Å². The Balaban J connectivity index is 2.00. The highest BCUT2D eigenvalue weighted by molar-refractivity contribution is 7.89. The van der Waals surface area contributed by atoms with Crippen molar-refractivity contribution in [1.82, 2.24) is 4.72 Å². The summed E-state index contributed by atoms with van der Waals surface area (Å²) < 4.78 is 25.7. The van der Waals surface area contributed by atoms with E-state index in [0.717, 1.165) is 16.8 Å². The summed E-state index contributed by atoms with van der Waals surface area (Å²) in [5, 5.41) is 0. The van der Waals surface area contributed by atoms with Crippen LogP contribution in [0, 0.1) is 13.8 Å². The zero-order chi connectivity index (χ0) is 18.6. The number of nitrogens with one attached hydrogen (secondary N) is 1. The van der Waals surface area contributed by atoms with Crippen molar-refractivity contribution < 1.29 is 13.2 Å². The van der Waals surface area contributed by atoms with Gasteiger partial charge in [0.1, 0.15) is 0 Å². The normalized spacial score (nSPS) is 11.4. The molecular formula is C19H24N2O3S. The van der Waals surface area contributed by atoms with Gasteiger partial charge in [0.2, 0.25) is 15.9 Å². The van der Waals surface area contributed by atoms with Crippen LogP contribution in [0.2, 0.25) is 0 Å². The Hall–Kier alpha value is -2.18. The second-order valence-electron chi connectivity index (χ2n) is 6.07. The summed E-state index contributed by atoms with van der Waals surface area (Å²) in [5.74, 6) is 0.0233. The molecule has 134 valence electrons. The van der Waals surface area contributed by atoms with Crippen LogP contribution in [-0.2, 0) is 21.2 Å². The lowest BCUT2D eigenvalue weighted by Gasteiger charge is -2.18. The van der Waals surface area contributed by atoms with E-state index in [2.05, 4.69) is 4.72 Å². The largest absolute Gasteiger partial charge is 0.315 e. The van der Waals surface area contributed by atoms with Crippen molar-refractivity contribution in [2.24, 2.45) is 0 Å². The first-order chi connectivity index (χ1) is 11.7. The Morgan fingerprint density at radius 3 is 2.24 bits per heavy atom. The van der Waals surface area contributed by atoms with Gasteiger partial charge < -0.3 is 4.90 Å². The minimum atomic E-state index is -3.43. The number of sulfonamides is 1. The van der Waals surface area contributed by atoms with Crippen molar-refractivity contribution in [2.45, 2.75) is 31.6 Å². The van der Waals surface area contributed by atoms with Crippen molar-refractivity contribution >= 4 is 21.6 Å². The van der Waals surface area contributed by atoms with E-state index in [0.29, 0.717) is 12.8 Å². The average molecular weight is 360 g/mol. The van der Waals surface area contributed by atoms with Crippen LogP contribution in [0.15, 0.2) is 47.4 Å². The third-order valence-corrected chi connectivity index (χ3v) is 5.81. The fourth-order valence-corrected chi connectivity index (χ4v) is 3.18. The first kappa shape index (κ1) is 19.1. The van der Waals surface area contributed by atoms with Crippen LogP contribution >= 0.6 is 0 Å². The quantitative estimate of drug-likeness (QED) is 0.861. The van der Waals surface area contributed by atoms with Crippen molar-refractivity contribution in [3.05, 3.63) is 59.2 Å². The Labute approximate surface area is 149 Å². The van der Waals surface area contributed by atoms with Crippen LogP contribution in [-0.4, -0.2) is 28.4 Å². The van der Waals surface area contributed by atoms with Crippen LogP contribution in [0.5, 0.6) is 0 Å². The highest BCUT2D eigenvalue weighted by Gasteiger charge is 2.13. The van der Waals surface area contributed by atoms with E-state index in [1.165, 1.54) is 12.6 Å². The monoisotopic (exact) mass is 360 g/mol.